The molecule has 31 heavy (non-hydrogen) atoms. The molecule has 0 saturated carbocycles. The zero-order valence-electron chi connectivity index (χ0n) is 19.3. The number of rotatable bonds is 5. The molecule has 0 aliphatic rings. The first-order valence-electron chi connectivity index (χ1n) is 11.2. The molecule has 0 aliphatic carbocycles. The van der Waals surface area contributed by atoms with Crippen molar-refractivity contribution in [2.24, 2.45) is 0 Å². The third-order valence-corrected chi connectivity index (χ3v) is 5.15. The van der Waals surface area contributed by atoms with Gasteiger partial charge in [0.05, 0.1) is 0 Å². The molecule has 0 nitrogen and oxygen atoms in total. The molecule has 3 aromatic rings. The molecule has 3 aromatic carbocycles. The van der Waals surface area contributed by atoms with Gasteiger partial charge in [0, 0.05) is 16.7 Å². The van der Waals surface area contributed by atoms with Gasteiger partial charge in [-0.1, -0.05) is 75.8 Å². The van der Waals surface area contributed by atoms with Gasteiger partial charge >= 0.3 is 0 Å². The topological polar surface area (TPSA) is 0 Å². The number of benzene rings is 3. The Morgan fingerprint density at radius 1 is 0.742 bits per heavy atom. The SMILES string of the molecule is CC.CCCCCc1ccc(C#Cc2ccc(-c3ccc(C)c(F)c3)c(F)c2)c(C)c1. The van der Waals surface area contributed by atoms with E-state index in [0.29, 0.717) is 22.3 Å². The van der Waals surface area contributed by atoms with Crippen LogP contribution in [-0.2, 0) is 6.42 Å². The molecular formula is C29H32F2. The minimum Gasteiger partial charge on any atom is -0.207 e. The summed E-state index contributed by atoms with van der Waals surface area (Å²) in [7, 11) is 0. The lowest BCUT2D eigenvalue weighted by Crippen LogP contribution is -1.90. The van der Waals surface area contributed by atoms with E-state index in [1.807, 2.05) is 19.9 Å². The van der Waals surface area contributed by atoms with Gasteiger partial charge in [-0.3, -0.25) is 0 Å². The quantitative estimate of drug-likeness (QED) is 0.288. The molecule has 0 aliphatic heterocycles. The van der Waals surface area contributed by atoms with E-state index in [9.17, 15) is 8.78 Å². The highest BCUT2D eigenvalue weighted by Gasteiger charge is 2.08. The largest absolute Gasteiger partial charge is 0.207 e. The fourth-order valence-corrected chi connectivity index (χ4v) is 3.33. The number of unbranched alkanes of at least 4 members (excludes halogenated alkanes) is 2. The average Bonchev–Trinajstić information content (AvgIpc) is 2.77. The summed E-state index contributed by atoms with van der Waals surface area (Å²) in [5.74, 6) is 5.47. The van der Waals surface area contributed by atoms with Gasteiger partial charge in [0.1, 0.15) is 11.6 Å². The monoisotopic (exact) mass is 418 g/mol. The molecule has 2 heteroatoms. The summed E-state index contributed by atoms with van der Waals surface area (Å²) in [5, 5.41) is 0. The van der Waals surface area contributed by atoms with Gasteiger partial charge in [0.15, 0.2) is 0 Å². The maximum Gasteiger partial charge on any atom is 0.132 e. The minimum absolute atomic E-state index is 0.334. The van der Waals surface area contributed by atoms with Gasteiger partial charge in [0.2, 0.25) is 0 Å². The Bertz CT molecular complexity index is 1070. The normalized spacial score (nSPS) is 10.0. The Morgan fingerprint density at radius 2 is 1.52 bits per heavy atom. The molecular weight excluding hydrogens is 386 g/mol. The Kier molecular flexibility index (Phi) is 9.47. The van der Waals surface area contributed by atoms with E-state index in [-0.39, 0.29) is 5.82 Å². The Balaban J connectivity index is 0.00000166. The lowest BCUT2D eigenvalue weighted by molar-refractivity contribution is 0.617. The molecule has 0 radical (unpaired) electrons. The average molecular weight is 419 g/mol. The number of halogens is 2. The van der Waals surface area contributed by atoms with Crippen molar-refractivity contribution in [2.45, 2.75) is 60.3 Å². The molecule has 0 bridgehead atoms. The summed E-state index contributed by atoms with van der Waals surface area (Å²) >= 11 is 0. The Labute approximate surface area is 186 Å². The summed E-state index contributed by atoms with van der Waals surface area (Å²) in [4.78, 5) is 0. The van der Waals surface area contributed by atoms with Gasteiger partial charge in [0.25, 0.3) is 0 Å². The van der Waals surface area contributed by atoms with E-state index in [4.69, 9.17) is 0 Å². The van der Waals surface area contributed by atoms with E-state index in [0.717, 1.165) is 17.5 Å². The third kappa shape index (κ3) is 6.79. The molecule has 0 heterocycles. The second kappa shape index (κ2) is 12.1. The lowest BCUT2D eigenvalue weighted by atomic mass is 10.00. The maximum atomic E-state index is 14.6. The van der Waals surface area contributed by atoms with Crippen LogP contribution in [0.2, 0.25) is 0 Å². The van der Waals surface area contributed by atoms with Crippen LogP contribution >= 0.6 is 0 Å². The standard InChI is InChI=1S/C27H26F2.C2H6/c1-4-5-6-7-21-9-13-23(20(3)16-21)14-10-22-11-15-25(27(29)17-22)24-12-8-19(2)26(28)18-24;1-2/h8-9,11-13,15-18H,4-7H2,1-3H3;1-2H3. The third-order valence-electron chi connectivity index (χ3n) is 5.15. The van der Waals surface area contributed by atoms with Crippen LogP contribution in [0.1, 0.15) is 67.9 Å². The first-order chi connectivity index (χ1) is 15.0. The Hall–Kier alpha value is -2.92. The first-order valence-corrected chi connectivity index (χ1v) is 11.2. The molecule has 0 aromatic heterocycles. The van der Waals surface area contributed by atoms with Crippen LogP contribution < -0.4 is 0 Å². The molecule has 0 fully saturated rings. The van der Waals surface area contributed by atoms with Crippen molar-refractivity contribution in [1.29, 1.82) is 0 Å². The Morgan fingerprint density at radius 3 is 2.16 bits per heavy atom. The minimum atomic E-state index is -0.400. The van der Waals surface area contributed by atoms with E-state index in [1.54, 1.807) is 31.2 Å². The molecule has 0 unspecified atom stereocenters. The predicted molar refractivity (Wildman–Crippen MR) is 128 cm³/mol. The second-order valence-electron chi connectivity index (χ2n) is 7.51. The van der Waals surface area contributed by atoms with Crippen molar-refractivity contribution in [3.05, 3.63) is 94.0 Å². The molecule has 0 saturated heterocycles. The smallest absolute Gasteiger partial charge is 0.132 e. The van der Waals surface area contributed by atoms with Gasteiger partial charge < -0.3 is 0 Å². The number of hydrogen-bond donors (Lipinski definition) is 0. The van der Waals surface area contributed by atoms with E-state index in [1.165, 1.54) is 37.0 Å². The number of hydrogen-bond acceptors (Lipinski definition) is 0. The van der Waals surface area contributed by atoms with Crippen LogP contribution in [0, 0.1) is 37.3 Å². The van der Waals surface area contributed by atoms with Crippen LogP contribution in [0.25, 0.3) is 11.1 Å². The van der Waals surface area contributed by atoms with Crippen molar-refractivity contribution in [2.75, 3.05) is 0 Å². The van der Waals surface area contributed by atoms with E-state index >= 15 is 0 Å². The van der Waals surface area contributed by atoms with Crippen molar-refractivity contribution < 1.29 is 8.78 Å². The van der Waals surface area contributed by atoms with E-state index < -0.39 is 5.82 Å². The number of aryl methyl sites for hydroxylation is 3. The van der Waals surface area contributed by atoms with Crippen molar-refractivity contribution >= 4 is 0 Å². The highest BCUT2D eigenvalue weighted by atomic mass is 19.1. The van der Waals surface area contributed by atoms with Crippen LogP contribution in [0.4, 0.5) is 8.78 Å². The van der Waals surface area contributed by atoms with Gasteiger partial charge in [-0.15, -0.1) is 0 Å². The molecule has 162 valence electrons. The highest BCUT2D eigenvalue weighted by molar-refractivity contribution is 5.66. The van der Waals surface area contributed by atoms with E-state index in [2.05, 4.69) is 37.8 Å². The zero-order valence-corrected chi connectivity index (χ0v) is 19.3. The molecule has 0 atom stereocenters. The summed E-state index contributed by atoms with van der Waals surface area (Å²) in [5.41, 5.74) is 5.48. The second-order valence-corrected chi connectivity index (χ2v) is 7.51. The predicted octanol–water partition coefficient (Wildman–Crippen LogP) is 8.41. The fraction of sp³-hybridized carbons (Fsp3) is 0.310. The fourth-order valence-electron chi connectivity index (χ4n) is 3.33. The van der Waals surface area contributed by atoms with Gasteiger partial charge in [-0.25, -0.2) is 8.78 Å². The maximum absolute atomic E-state index is 14.6. The molecule has 0 amide bonds. The van der Waals surface area contributed by atoms with Crippen LogP contribution in [0.5, 0.6) is 0 Å². The van der Waals surface area contributed by atoms with Crippen molar-refractivity contribution in [1.82, 2.24) is 0 Å². The van der Waals surface area contributed by atoms with Crippen LogP contribution in [0.3, 0.4) is 0 Å². The van der Waals surface area contributed by atoms with Crippen LogP contribution in [0.15, 0.2) is 54.6 Å². The summed E-state index contributed by atoms with van der Waals surface area (Å²) in [6, 6.07) is 16.0. The van der Waals surface area contributed by atoms with Crippen LogP contribution in [-0.4, -0.2) is 0 Å². The van der Waals surface area contributed by atoms with Crippen molar-refractivity contribution in [3.63, 3.8) is 0 Å². The van der Waals surface area contributed by atoms with Gasteiger partial charge in [-0.2, -0.15) is 0 Å². The lowest BCUT2D eigenvalue weighted by Gasteiger charge is -2.06. The summed E-state index contributed by atoms with van der Waals surface area (Å²) in [6.07, 6.45) is 4.76. The molecule has 0 N–H and O–H groups in total. The van der Waals surface area contributed by atoms with Gasteiger partial charge in [-0.05, 0) is 73.2 Å². The first kappa shape index (κ1) is 24.4. The summed E-state index contributed by atoms with van der Waals surface area (Å²) in [6.45, 7) is 9.95. The zero-order chi connectivity index (χ0) is 22.8. The molecule has 3 rings (SSSR count). The summed E-state index contributed by atoms with van der Waals surface area (Å²) < 4.78 is 28.4. The highest BCUT2D eigenvalue weighted by Crippen LogP contribution is 2.25. The van der Waals surface area contributed by atoms with Crippen molar-refractivity contribution in [3.8, 4) is 23.0 Å². The molecule has 0 spiro atoms.